The fourth-order valence-electron chi connectivity index (χ4n) is 4.43. The summed E-state index contributed by atoms with van der Waals surface area (Å²) < 4.78 is 37.6. The molecule has 2 rings (SSSR count). The number of ether oxygens (including phenoxy) is 3. The molecule has 0 aliphatic carbocycles. The maximum atomic E-state index is 14.6. The van der Waals surface area contributed by atoms with Crippen LogP contribution in [0.4, 0.5) is 4.39 Å². The molecule has 4 nitrogen and oxygen atoms in total. The second-order valence-electron chi connectivity index (χ2n) is 8.47. The standard InChI is InChI=1S/C24H35FO4Si/c1-16(2)30(17(3)4,18(5)6)29-20-9-11-21(24(14-20)28-15-26-7)22-13-19(27-8)10-12-23(22)25/h9-14,16-18H,15H2,1-8H3. The Bertz CT molecular complexity index is 814. The molecule has 0 aromatic heterocycles. The minimum absolute atomic E-state index is 0.0587. The highest BCUT2D eigenvalue weighted by Crippen LogP contribution is 2.44. The van der Waals surface area contributed by atoms with Gasteiger partial charge in [0.15, 0.2) is 6.79 Å². The Balaban J connectivity index is 2.55. The predicted molar refractivity (Wildman–Crippen MR) is 123 cm³/mol. The molecule has 0 heterocycles. The summed E-state index contributed by atoms with van der Waals surface area (Å²) in [5, 5.41) is 0. The Hall–Kier alpha value is -2.05. The van der Waals surface area contributed by atoms with Crippen LogP contribution in [0.5, 0.6) is 17.2 Å². The van der Waals surface area contributed by atoms with Crippen molar-refractivity contribution in [3.8, 4) is 28.4 Å². The minimum Gasteiger partial charge on any atom is -0.543 e. The Morgan fingerprint density at radius 1 is 0.800 bits per heavy atom. The fourth-order valence-corrected chi connectivity index (χ4v) is 9.67. The van der Waals surface area contributed by atoms with Gasteiger partial charge < -0.3 is 18.6 Å². The van der Waals surface area contributed by atoms with E-state index in [4.69, 9.17) is 18.6 Å². The Kier molecular flexibility index (Phi) is 8.32. The van der Waals surface area contributed by atoms with Gasteiger partial charge in [-0.1, -0.05) is 41.5 Å². The van der Waals surface area contributed by atoms with E-state index in [1.165, 1.54) is 6.07 Å². The molecule has 0 saturated heterocycles. The SMILES string of the molecule is COCOc1cc(O[Si](C(C)C)(C(C)C)C(C)C)ccc1-c1cc(OC)ccc1F. The highest BCUT2D eigenvalue weighted by atomic mass is 28.4. The van der Waals surface area contributed by atoms with Crippen LogP contribution in [-0.4, -0.2) is 29.3 Å². The lowest BCUT2D eigenvalue weighted by atomic mass is 10.0. The molecule has 0 amide bonds. The summed E-state index contributed by atoms with van der Waals surface area (Å²) in [4.78, 5) is 0. The molecule has 6 heteroatoms. The molecule has 0 unspecified atom stereocenters. The average molecular weight is 435 g/mol. The third-order valence-corrected chi connectivity index (χ3v) is 11.8. The van der Waals surface area contributed by atoms with Gasteiger partial charge in [0.2, 0.25) is 0 Å². The largest absolute Gasteiger partial charge is 0.543 e. The van der Waals surface area contributed by atoms with Crippen molar-refractivity contribution in [1.82, 2.24) is 0 Å². The monoisotopic (exact) mass is 434 g/mol. The molecule has 0 bridgehead atoms. The summed E-state index contributed by atoms with van der Waals surface area (Å²) in [5.41, 5.74) is 2.36. The summed E-state index contributed by atoms with van der Waals surface area (Å²) >= 11 is 0. The fraction of sp³-hybridized carbons (Fsp3) is 0.500. The predicted octanol–water partition coefficient (Wildman–Crippen LogP) is 7.04. The normalized spacial score (nSPS) is 12.0. The lowest BCUT2D eigenvalue weighted by Crippen LogP contribution is -2.50. The lowest BCUT2D eigenvalue weighted by molar-refractivity contribution is 0.0514. The van der Waals surface area contributed by atoms with Gasteiger partial charge in [-0.15, -0.1) is 0 Å². The highest BCUT2D eigenvalue weighted by molar-refractivity contribution is 6.78. The molecule has 166 valence electrons. The van der Waals surface area contributed by atoms with Gasteiger partial charge in [0.25, 0.3) is 8.32 Å². The molecule has 2 aromatic rings. The van der Waals surface area contributed by atoms with Crippen molar-refractivity contribution in [2.75, 3.05) is 21.0 Å². The second-order valence-corrected chi connectivity index (χ2v) is 13.8. The van der Waals surface area contributed by atoms with E-state index in [9.17, 15) is 4.39 Å². The molecule has 0 N–H and O–H groups in total. The molecular formula is C24H35FO4Si. The van der Waals surface area contributed by atoms with E-state index in [-0.39, 0.29) is 12.6 Å². The topological polar surface area (TPSA) is 36.9 Å². The third-order valence-electron chi connectivity index (χ3n) is 5.75. The van der Waals surface area contributed by atoms with Crippen LogP contribution in [0.25, 0.3) is 11.1 Å². The summed E-state index contributed by atoms with van der Waals surface area (Å²) in [5.74, 6) is 1.49. The number of hydrogen-bond donors (Lipinski definition) is 0. The van der Waals surface area contributed by atoms with E-state index in [0.717, 1.165) is 5.75 Å². The molecule has 0 atom stereocenters. The zero-order valence-corrected chi connectivity index (χ0v) is 20.4. The summed E-state index contributed by atoms with van der Waals surface area (Å²) in [6.45, 7) is 13.5. The molecule has 0 aliphatic heterocycles. The molecule has 0 aliphatic rings. The minimum atomic E-state index is -2.13. The van der Waals surface area contributed by atoms with Crippen LogP contribution in [0.3, 0.4) is 0 Å². The van der Waals surface area contributed by atoms with E-state index in [1.807, 2.05) is 18.2 Å². The average Bonchev–Trinajstić information content (AvgIpc) is 2.70. The zero-order valence-electron chi connectivity index (χ0n) is 19.4. The summed E-state index contributed by atoms with van der Waals surface area (Å²) in [6, 6.07) is 10.3. The quantitative estimate of drug-likeness (QED) is 0.297. The maximum absolute atomic E-state index is 14.6. The van der Waals surface area contributed by atoms with Gasteiger partial charge in [0.05, 0.1) is 7.11 Å². The van der Waals surface area contributed by atoms with Crippen LogP contribution in [-0.2, 0) is 4.74 Å². The molecule has 0 saturated carbocycles. The van der Waals surface area contributed by atoms with Crippen molar-refractivity contribution in [1.29, 1.82) is 0 Å². The van der Waals surface area contributed by atoms with Crippen molar-refractivity contribution in [2.24, 2.45) is 0 Å². The van der Waals surface area contributed by atoms with Crippen molar-refractivity contribution in [3.63, 3.8) is 0 Å². The number of rotatable bonds is 10. The first kappa shape index (κ1) is 24.2. The van der Waals surface area contributed by atoms with Crippen LogP contribution in [0.2, 0.25) is 16.6 Å². The number of hydrogen-bond acceptors (Lipinski definition) is 4. The van der Waals surface area contributed by atoms with Gasteiger partial charge in [0, 0.05) is 24.3 Å². The first-order valence-electron chi connectivity index (χ1n) is 10.5. The Morgan fingerprint density at radius 2 is 1.40 bits per heavy atom. The van der Waals surface area contributed by atoms with Gasteiger partial charge in [-0.3, -0.25) is 0 Å². The number of methoxy groups -OCH3 is 2. The Labute approximate surface area is 181 Å². The first-order valence-corrected chi connectivity index (χ1v) is 12.6. The van der Waals surface area contributed by atoms with Crippen LogP contribution in [0.15, 0.2) is 36.4 Å². The van der Waals surface area contributed by atoms with E-state index in [0.29, 0.717) is 39.2 Å². The van der Waals surface area contributed by atoms with Crippen molar-refractivity contribution in [3.05, 3.63) is 42.2 Å². The number of benzene rings is 2. The van der Waals surface area contributed by atoms with E-state index >= 15 is 0 Å². The second kappa shape index (κ2) is 10.3. The van der Waals surface area contributed by atoms with Crippen LogP contribution in [0, 0.1) is 5.82 Å². The van der Waals surface area contributed by atoms with Crippen LogP contribution < -0.4 is 13.9 Å². The van der Waals surface area contributed by atoms with Crippen molar-refractivity contribution in [2.45, 2.75) is 58.2 Å². The molecule has 30 heavy (non-hydrogen) atoms. The molecule has 0 spiro atoms. The maximum Gasteiger partial charge on any atom is 0.258 e. The van der Waals surface area contributed by atoms with E-state index < -0.39 is 8.32 Å². The summed E-state index contributed by atoms with van der Waals surface area (Å²) in [7, 11) is 0.990. The third kappa shape index (κ3) is 4.98. The van der Waals surface area contributed by atoms with Gasteiger partial charge in [-0.05, 0) is 47.0 Å². The first-order chi connectivity index (χ1) is 14.2. The molecule has 0 radical (unpaired) electrons. The van der Waals surface area contributed by atoms with Gasteiger partial charge in [-0.25, -0.2) is 4.39 Å². The van der Waals surface area contributed by atoms with Gasteiger partial charge >= 0.3 is 0 Å². The Morgan fingerprint density at radius 3 is 1.93 bits per heavy atom. The summed E-state index contributed by atoms with van der Waals surface area (Å²) in [6.07, 6.45) is 0. The zero-order chi connectivity index (χ0) is 22.5. The molecular weight excluding hydrogens is 399 g/mol. The van der Waals surface area contributed by atoms with Crippen LogP contribution in [0.1, 0.15) is 41.5 Å². The molecule has 2 aromatic carbocycles. The number of halogens is 1. The van der Waals surface area contributed by atoms with Crippen LogP contribution >= 0.6 is 0 Å². The highest BCUT2D eigenvalue weighted by Gasteiger charge is 2.47. The van der Waals surface area contributed by atoms with Gasteiger partial charge in [-0.2, -0.15) is 0 Å². The molecule has 0 fully saturated rings. The van der Waals surface area contributed by atoms with E-state index in [1.54, 1.807) is 26.4 Å². The van der Waals surface area contributed by atoms with Crippen molar-refractivity contribution >= 4 is 8.32 Å². The van der Waals surface area contributed by atoms with Gasteiger partial charge in [0.1, 0.15) is 23.1 Å². The van der Waals surface area contributed by atoms with Crippen molar-refractivity contribution < 1.29 is 23.0 Å². The van der Waals surface area contributed by atoms with E-state index in [2.05, 4.69) is 41.5 Å². The lowest BCUT2D eigenvalue weighted by Gasteiger charge is -2.42. The smallest absolute Gasteiger partial charge is 0.258 e.